The van der Waals surface area contributed by atoms with E-state index in [1.807, 2.05) is 13.8 Å². The first-order chi connectivity index (χ1) is 13.3. The Labute approximate surface area is 188 Å². The van der Waals surface area contributed by atoms with Crippen molar-refractivity contribution in [3.63, 3.8) is 0 Å². The smallest absolute Gasteiger partial charge is 0.414 e. The fraction of sp³-hybridized carbons (Fsp3) is 0.727. The summed E-state index contributed by atoms with van der Waals surface area (Å²) in [6, 6.07) is -0.0881. The number of nitrogens with zero attached hydrogens (tertiary/aromatic N) is 1. The maximum absolute atomic E-state index is 13.6. The monoisotopic (exact) mass is 483 g/mol. The van der Waals surface area contributed by atoms with E-state index in [9.17, 15) is 9.59 Å². The van der Waals surface area contributed by atoms with Gasteiger partial charge in [0, 0.05) is 22.8 Å². The van der Waals surface area contributed by atoms with E-state index in [-0.39, 0.29) is 23.8 Å². The molecule has 1 rings (SSSR count). The molecule has 0 radical (unpaired) electrons. The topological polar surface area (TPSA) is 46.6 Å². The number of carbonyl (C=O) groups excluding carboxylic acids is 2. The van der Waals surface area contributed by atoms with Gasteiger partial charge in [-0.15, -0.1) is 0 Å². The average molecular weight is 484 g/mol. The van der Waals surface area contributed by atoms with Crippen molar-refractivity contribution in [3.8, 4) is 0 Å². The van der Waals surface area contributed by atoms with Crippen LogP contribution < -0.4 is 0 Å². The van der Waals surface area contributed by atoms with Crippen LogP contribution in [0.5, 0.6) is 0 Å². The number of amides is 1. The number of ketones is 1. The third-order valence-corrected chi connectivity index (χ3v) is 77.4. The lowest BCUT2D eigenvalue weighted by Gasteiger charge is -2.56. The van der Waals surface area contributed by atoms with E-state index in [4.69, 9.17) is 4.74 Å². The van der Waals surface area contributed by atoms with Crippen LogP contribution in [0, 0.1) is 5.92 Å². The van der Waals surface area contributed by atoms with E-state index >= 15 is 0 Å². The van der Waals surface area contributed by atoms with Crippen LogP contribution in [-0.4, -0.2) is 58.8 Å². The number of rotatable bonds is 8. The SMILES string of the molecule is CC(C)=CC(=O)/C(=C/[Si]([Si](C)(C)C)([Si](C)(C)C)[Si](C)(C)C)N1C(=O)OC[C@@H]1C(C)C. The molecule has 0 aromatic heterocycles. The molecule has 0 N–H and O–H groups in total. The van der Waals surface area contributed by atoms with Gasteiger partial charge in [0.25, 0.3) is 0 Å². The molecule has 1 saturated heterocycles. The molecule has 172 valence electrons. The Bertz CT molecular complexity index is 697. The Morgan fingerprint density at radius 1 is 0.967 bits per heavy atom. The number of carbonyl (C=O) groups is 2. The maximum atomic E-state index is 13.6. The molecule has 0 saturated carbocycles. The minimum Gasteiger partial charge on any atom is -0.447 e. The second-order valence-electron chi connectivity index (χ2n) is 12.4. The van der Waals surface area contributed by atoms with Gasteiger partial charge in [-0.3, -0.25) is 9.69 Å². The Morgan fingerprint density at radius 2 is 1.40 bits per heavy atom. The molecule has 0 unspecified atom stereocenters. The molecular formula is C22H45NO3Si4. The third kappa shape index (κ3) is 5.19. The molecule has 1 fully saturated rings. The largest absolute Gasteiger partial charge is 0.447 e. The summed E-state index contributed by atoms with van der Waals surface area (Å²) in [6.45, 7) is 28.9. The second kappa shape index (κ2) is 9.03. The van der Waals surface area contributed by atoms with E-state index in [1.165, 1.54) is 0 Å². The highest BCUT2D eigenvalue weighted by molar-refractivity contribution is 7.90. The summed E-state index contributed by atoms with van der Waals surface area (Å²) in [5.41, 5.74) is 4.00. The van der Waals surface area contributed by atoms with E-state index in [0.717, 1.165) is 5.57 Å². The van der Waals surface area contributed by atoms with Crippen LogP contribution in [-0.2, 0) is 9.53 Å². The van der Waals surface area contributed by atoms with E-state index in [0.29, 0.717) is 12.3 Å². The summed E-state index contributed by atoms with van der Waals surface area (Å²) < 4.78 is 5.47. The van der Waals surface area contributed by atoms with E-state index in [1.54, 1.807) is 11.0 Å². The van der Waals surface area contributed by atoms with Gasteiger partial charge in [0.2, 0.25) is 5.78 Å². The van der Waals surface area contributed by atoms with Crippen molar-refractivity contribution in [1.29, 1.82) is 0 Å². The Kier molecular flexibility index (Phi) is 8.23. The van der Waals surface area contributed by atoms with Crippen molar-refractivity contribution in [2.75, 3.05) is 6.61 Å². The molecule has 8 heteroatoms. The van der Waals surface area contributed by atoms with Crippen LogP contribution >= 0.6 is 0 Å². The quantitative estimate of drug-likeness (QED) is 0.308. The van der Waals surface area contributed by atoms with Gasteiger partial charge in [0.1, 0.15) is 6.61 Å². The molecule has 0 aromatic carbocycles. The lowest BCUT2D eigenvalue weighted by Crippen LogP contribution is -2.82. The predicted octanol–water partition coefficient (Wildman–Crippen LogP) is 6.12. The van der Waals surface area contributed by atoms with Crippen LogP contribution in [0.15, 0.2) is 23.0 Å². The van der Waals surface area contributed by atoms with E-state index in [2.05, 4.69) is 78.5 Å². The highest BCUT2D eigenvalue weighted by Gasteiger charge is 2.61. The lowest BCUT2D eigenvalue weighted by molar-refractivity contribution is -0.112. The van der Waals surface area contributed by atoms with Crippen molar-refractivity contribution in [1.82, 2.24) is 4.90 Å². The van der Waals surface area contributed by atoms with Crippen molar-refractivity contribution in [2.45, 2.75) is 92.7 Å². The molecule has 1 atom stereocenters. The van der Waals surface area contributed by atoms with Gasteiger partial charge in [-0.25, -0.2) is 4.79 Å². The molecule has 30 heavy (non-hydrogen) atoms. The van der Waals surface area contributed by atoms with Gasteiger partial charge < -0.3 is 4.74 Å². The molecule has 1 aliphatic rings. The molecule has 0 spiro atoms. The van der Waals surface area contributed by atoms with Crippen molar-refractivity contribution in [2.24, 2.45) is 5.92 Å². The number of cyclic esters (lactones) is 1. The van der Waals surface area contributed by atoms with Crippen molar-refractivity contribution >= 4 is 41.3 Å². The van der Waals surface area contributed by atoms with Crippen LogP contribution in [0.25, 0.3) is 0 Å². The van der Waals surface area contributed by atoms with Crippen molar-refractivity contribution < 1.29 is 14.3 Å². The summed E-state index contributed by atoms with van der Waals surface area (Å²) in [5.74, 6) is 0.187. The minimum atomic E-state index is -1.98. The fourth-order valence-electron chi connectivity index (χ4n) is 6.03. The minimum absolute atomic E-state index is 0.0360. The van der Waals surface area contributed by atoms with E-state index < -0.39 is 29.4 Å². The average Bonchev–Trinajstić information content (AvgIpc) is 2.85. The number of hydrogen-bond donors (Lipinski definition) is 0. The fourth-order valence-corrected chi connectivity index (χ4v) is 101. The highest BCUT2D eigenvalue weighted by Crippen LogP contribution is 2.40. The van der Waals surface area contributed by atoms with Crippen LogP contribution in [0.4, 0.5) is 4.79 Å². The zero-order valence-electron chi connectivity index (χ0n) is 21.7. The molecular weight excluding hydrogens is 439 g/mol. The second-order valence-corrected chi connectivity index (χ2v) is 52.9. The molecule has 1 heterocycles. The van der Waals surface area contributed by atoms with Gasteiger partial charge in [-0.2, -0.15) is 0 Å². The van der Waals surface area contributed by atoms with Crippen LogP contribution in [0.1, 0.15) is 27.7 Å². The highest BCUT2D eigenvalue weighted by atomic mass is 29.9. The third-order valence-electron chi connectivity index (χ3n) is 6.51. The normalized spacial score (nSPS) is 19.3. The number of hydrogen-bond acceptors (Lipinski definition) is 3. The van der Waals surface area contributed by atoms with Gasteiger partial charge in [0.15, 0.2) is 0 Å². The zero-order valence-corrected chi connectivity index (χ0v) is 25.7. The van der Waals surface area contributed by atoms with Gasteiger partial charge in [0.05, 0.1) is 18.4 Å². The Hall–Kier alpha value is -0.712. The Balaban J connectivity index is 4.03. The standard InChI is InChI=1S/C22H45NO3Si4/c1-17(2)14-21(24)20(23-19(18(3)4)15-26-22(23)25)16-30(27(5,6)7,28(8,9)10)29(11,12)13/h14,16,18-19H,15H2,1-13H3/b20-16-/t19-/m1/s1. The van der Waals surface area contributed by atoms with Gasteiger partial charge >= 0.3 is 6.09 Å². The molecule has 1 amide bonds. The van der Waals surface area contributed by atoms with Crippen LogP contribution in [0.3, 0.4) is 0 Å². The van der Waals surface area contributed by atoms with Gasteiger partial charge in [-0.05, 0) is 25.8 Å². The summed E-state index contributed by atoms with van der Waals surface area (Å²) >= 11 is 0. The van der Waals surface area contributed by atoms with Gasteiger partial charge in [-0.1, -0.05) is 84.0 Å². The zero-order chi connectivity index (χ0) is 23.9. The maximum Gasteiger partial charge on any atom is 0.414 e. The first-order valence-electron chi connectivity index (χ1n) is 11.2. The first-order valence-corrected chi connectivity index (χ1v) is 26.7. The first kappa shape index (κ1) is 27.3. The molecule has 4 nitrogen and oxygen atoms in total. The molecule has 0 bridgehead atoms. The molecule has 1 aliphatic heterocycles. The number of allylic oxidation sites excluding steroid dienone is 2. The summed E-state index contributed by atoms with van der Waals surface area (Å²) in [4.78, 5) is 28.2. The summed E-state index contributed by atoms with van der Waals surface area (Å²) in [5, 5.41) is 0. The predicted molar refractivity (Wildman–Crippen MR) is 140 cm³/mol. The Morgan fingerprint density at radius 3 is 1.73 bits per heavy atom. The summed E-state index contributed by atoms with van der Waals surface area (Å²) in [6.07, 6.45) is 1.34. The summed E-state index contributed by atoms with van der Waals surface area (Å²) in [7, 11) is -4.93. The lowest BCUT2D eigenvalue weighted by atomic mass is 10.0. The van der Waals surface area contributed by atoms with Crippen LogP contribution in [0.2, 0.25) is 58.9 Å². The molecule has 0 aliphatic carbocycles. The molecule has 0 aromatic rings. The number of ether oxygens (including phenoxy) is 1. The van der Waals surface area contributed by atoms with Crippen molar-refractivity contribution in [3.05, 3.63) is 23.0 Å².